The van der Waals surface area contributed by atoms with E-state index in [4.69, 9.17) is 21.0 Å². The summed E-state index contributed by atoms with van der Waals surface area (Å²) in [5.74, 6) is 0.113. The van der Waals surface area contributed by atoms with Gasteiger partial charge in [-0.05, 0) is 43.2 Å². The fraction of sp³-hybridized carbons (Fsp3) is 0.250. The van der Waals surface area contributed by atoms with Gasteiger partial charge in [-0.2, -0.15) is 0 Å². The first-order valence-electron chi connectivity index (χ1n) is 7.19. The minimum atomic E-state index is -0.186. The van der Waals surface area contributed by atoms with Crippen molar-refractivity contribution in [2.75, 3.05) is 0 Å². The molecule has 2 heterocycles. The number of hydrogen-bond acceptors (Lipinski definition) is 5. The zero-order valence-corrected chi connectivity index (χ0v) is 14.3. The fourth-order valence-corrected chi connectivity index (χ4v) is 4.99. The number of aromatic nitrogens is 1. The van der Waals surface area contributed by atoms with E-state index in [0.717, 1.165) is 33.1 Å². The number of carbonyl (C=O) groups is 1. The zero-order chi connectivity index (χ0) is 15.8. The summed E-state index contributed by atoms with van der Waals surface area (Å²) in [6.07, 6.45) is 1.88. The van der Waals surface area contributed by atoms with Gasteiger partial charge in [-0.1, -0.05) is 11.6 Å². The summed E-state index contributed by atoms with van der Waals surface area (Å²) < 4.78 is 6.35. The van der Waals surface area contributed by atoms with Crippen LogP contribution >= 0.6 is 35.6 Å². The van der Waals surface area contributed by atoms with Crippen molar-refractivity contribution in [2.24, 2.45) is 0 Å². The number of nitrogens with zero attached hydrogens (tertiary/aromatic N) is 1. The van der Waals surface area contributed by atoms with E-state index in [9.17, 15) is 4.79 Å². The Labute approximate surface area is 146 Å². The highest BCUT2D eigenvalue weighted by Crippen LogP contribution is 2.79. The number of benzene rings is 1. The number of thiol groups is 1. The molecule has 2 aliphatic carbocycles. The average Bonchev–Trinajstić information content (AvgIpc) is 3.07. The Morgan fingerprint density at radius 1 is 1.35 bits per heavy atom. The Bertz CT molecular complexity index is 972. The van der Waals surface area contributed by atoms with E-state index in [0.29, 0.717) is 10.9 Å². The van der Waals surface area contributed by atoms with Crippen LogP contribution in [0.2, 0.25) is 5.02 Å². The number of amides is 1. The monoisotopic (exact) mass is 362 g/mol. The predicted molar refractivity (Wildman–Crippen MR) is 91.7 cm³/mol. The smallest absolute Gasteiger partial charge is 0.287 e. The van der Waals surface area contributed by atoms with Crippen LogP contribution in [0.15, 0.2) is 39.8 Å². The van der Waals surface area contributed by atoms with Crippen molar-refractivity contribution < 1.29 is 9.21 Å². The summed E-state index contributed by atoms with van der Waals surface area (Å²) in [5, 5.41) is 5.35. The Morgan fingerprint density at radius 3 is 2.91 bits per heavy atom. The number of nitrogens with one attached hydrogen (secondary N) is 1. The molecule has 0 spiro atoms. The standard InChI is InChI=1S/C16H11ClN2O2S2/c17-8-1-2-9-11(5-8)23-14(18-9)15-6-16(15,7-15)19-13(20)10-3-4-12(22)21-10/h1-5,22H,6-7H2,(H,19,20). The number of thiazole rings is 1. The molecule has 0 saturated heterocycles. The topological polar surface area (TPSA) is 55.1 Å². The molecule has 0 bridgehead atoms. The molecule has 2 aromatic heterocycles. The Morgan fingerprint density at radius 2 is 2.17 bits per heavy atom. The van der Waals surface area contributed by atoms with Crippen molar-refractivity contribution >= 4 is 51.7 Å². The number of carbonyl (C=O) groups excluding carboxylic acids is 1. The van der Waals surface area contributed by atoms with Crippen molar-refractivity contribution in [2.45, 2.75) is 28.9 Å². The Balaban J connectivity index is 1.40. The largest absolute Gasteiger partial charge is 0.445 e. The van der Waals surface area contributed by atoms with Crippen molar-refractivity contribution in [3.05, 3.63) is 46.1 Å². The quantitative estimate of drug-likeness (QED) is 0.691. The molecular formula is C16H11ClN2O2S2. The molecule has 7 heteroatoms. The molecule has 0 unspecified atom stereocenters. The minimum absolute atomic E-state index is 0.00914. The van der Waals surface area contributed by atoms with Crippen molar-refractivity contribution in [3.63, 3.8) is 0 Å². The third-order valence-corrected chi connectivity index (χ3v) is 6.50. The van der Waals surface area contributed by atoms with Crippen LogP contribution < -0.4 is 5.32 Å². The summed E-state index contributed by atoms with van der Waals surface area (Å²) in [6, 6.07) is 9.04. The normalized spacial score (nSPS) is 27.7. The first-order valence-corrected chi connectivity index (χ1v) is 8.84. The average molecular weight is 363 g/mol. The van der Waals surface area contributed by atoms with Crippen LogP contribution in [0.4, 0.5) is 0 Å². The minimum Gasteiger partial charge on any atom is -0.445 e. The lowest BCUT2D eigenvalue weighted by molar-refractivity contribution is 0.0909. The highest BCUT2D eigenvalue weighted by molar-refractivity contribution is 7.80. The molecular weight excluding hydrogens is 352 g/mol. The van der Waals surface area contributed by atoms with Crippen LogP contribution in [0.3, 0.4) is 0 Å². The molecule has 1 amide bonds. The molecule has 2 fully saturated rings. The van der Waals surface area contributed by atoms with Gasteiger partial charge in [0.1, 0.15) is 5.01 Å². The number of rotatable bonds is 3. The molecule has 4 nitrogen and oxygen atoms in total. The molecule has 3 aromatic rings. The van der Waals surface area contributed by atoms with E-state index < -0.39 is 0 Å². The van der Waals surface area contributed by atoms with E-state index in [-0.39, 0.29) is 16.9 Å². The maximum Gasteiger partial charge on any atom is 0.287 e. The molecule has 1 N–H and O–H groups in total. The van der Waals surface area contributed by atoms with Gasteiger partial charge < -0.3 is 9.73 Å². The second kappa shape index (κ2) is 4.32. The van der Waals surface area contributed by atoms with E-state index in [1.165, 1.54) is 0 Å². The van der Waals surface area contributed by atoms with Crippen molar-refractivity contribution in [3.8, 4) is 0 Å². The number of fused-ring (bicyclic) bond motifs is 2. The van der Waals surface area contributed by atoms with Crippen LogP contribution in [0, 0.1) is 0 Å². The number of halogens is 1. The van der Waals surface area contributed by atoms with Gasteiger partial charge in [0.15, 0.2) is 10.9 Å². The molecule has 1 aromatic carbocycles. The lowest BCUT2D eigenvalue weighted by Gasteiger charge is -2.03. The van der Waals surface area contributed by atoms with Crippen LogP contribution in [0.25, 0.3) is 10.2 Å². The van der Waals surface area contributed by atoms with Gasteiger partial charge in [0.25, 0.3) is 5.91 Å². The van der Waals surface area contributed by atoms with Crippen molar-refractivity contribution in [1.29, 1.82) is 0 Å². The number of furan rings is 1. The van der Waals surface area contributed by atoms with Gasteiger partial charge in [-0.15, -0.1) is 24.0 Å². The molecule has 116 valence electrons. The van der Waals surface area contributed by atoms with E-state index >= 15 is 0 Å². The summed E-state index contributed by atoms with van der Waals surface area (Å²) in [6.45, 7) is 0. The molecule has 0 radical (unpaired) electrons. The van der Waals surface area contributed by atoms with Crippen LogP contribution in [-0.2, 0) is 5.41 Å². The number of hydrogen-bond donors (Lipinski definition) is 2. The molecule has 5 rings (SSSR count). The first-order chi connectivity index (χ1) is 11.0. The van der Waals surface area contributed by atoms with Gasteiger partial charge in [-0.25, -0.2) is 4.98 Å². The summed E-state index contributed by atoms with van der Waals surface area (Å²) >= 11 is 11.8. The maximum atomic E-state index is 12.3. The van der Waals surface area contributed by atoms with Gasteiger partial charge in [0.2, 0.25) is 0 Å². The second-order valence-electron chi connectivity index (χ2n) is 6.24. The zero-order valence-electron chi connectivity index (χ0n) is 11.8. The van der Waals surface area contributed by atoms with Crippen LogP contribution in [0.1, 0.15) is 28.4 Å². The first kappa shape index (κ1) is 13.9. The van der Waals surface area contributed by atoms with Gasteiger partial charge >= 0.3 is 0 Å². The molecule has 2 aliphatic rings. The highest BCUT2D eigenvalue weighted by atomic mass is 35.5. The Hall–Kier alpha value is -1.50. The third-order valence-electron chi connectivity index (χ3n) is 4.80. The van der Waals surface area contributed by atoms with Crippen molar-refractivity contribution in [1.82, 2.24) is 10.3 Å². The lowest BCUT2D eigenvalue weighted by Crippen LogP contribution is -2.30. The van der Waals surface area contributed by atoms with E-state index in [2.05, 4.69) is 17.9 Å². The highest BCUT2D eigenvalue weighted by Gasteiger charge is 2.86. The lowest BCUT2D eigenvalue weighted by atomic mass is 10.2. The SMILES string of the molecule is O=C(NC12CC1(c1nc3ccc(Cl)cc3s1)C2)c1ccc(S)o1. The summed E-state index contributed by atoms with van der Waals surface area (Å²) in [7, 11) is 0. The predicted octanol–water partition coefficient (Wildman–Crippen LogP) is 4.05. The fourth-order valence-electron chi connectivity index (χ4n) is 3.29. The third kappa shape index (κ3) is 1.92. The molecule has 0 atom stereocenters. The molecule has 23 heavy (non-hydrogen) atoms. The van der Waals surface area contributed by atoms with E-state index in [1.807, 2.05) is 18.2 Å². The summed E-state index contributed by atoms with van der Waals surface area (Å²) in [5.41, 5.74) is 0.828. The van der Waals surface area contributed by atoms with Gasteiger partial charge in [0, 0.05) is 10.4 Å². The second-order valence-corrected chi connectivity index (χ2v) is 8.15. The van der Waals surface area contributed by atoms with Crippen LogP contribution in [0.5, 0.6) is 0 Å². The van der Waals surface area contributed by atoms with E-state index in [1.54, 1.807) is 23.5 Å². The van der Waals surface area contributed by atoms with Crippen LogP contribution in [-0.4, -0.2) is 16.4 Å². The Kier molecular flexibility index (Phi) is 2.61. The molecule has 0 aliphatic heterocycles. The maximum absolute atomic E-state index is 12.3. The van der Waals surface area contributed by atoms with Gasteiger partial charge in [0.05, 0.1) is 15.8 Å². The summed E-state index contributed by atoms with van der Waals surface area (Å²) in [4.78, 5) is 17.0. The molecule has 2 saturated carbocycles. The van der Waals surface area contributed by atoms with Gasteiger partial charge in [-0.3, -0.25) is 4.79 Å².